The number of nitrogens with zero attached hydrogens (tertiary/aromatic N) is 1. The van der Waals surface area contributed by atoms with Crippen LogP contribution in [-0.2, 0) is 5.41 Å². The van der Waals surface area contributed by atoms with Crippen molar-refractivity contribution in [2.45, 2.75) is 25.7 Å². The van der Waals surface area contributed by atoms with Gasteiger partial charge in [0.15, 0.2) is 0 Å². The minimum Gasteiger partial charge on any atom is -0.330 e. The molecule has 1 aromatic rings. The van der Waals surface area contributed by atoms with Gasteiger partial charge in [-0.25, -0.2) is 4.98 Å². The highest BCUT2D eigenvalue weighted by atomic mass is 35.5. The number of rotatable bonds is 3. The van der Waals surface area contributed by atoms with Gasteiger partial charge in [-0.1, -0.05) is 31.5 Å². The monoisotopic (exact) mass is 198 g/mol. The summed E-state index contributed by atoms with van der Waals surface area (Å²) in [5, 5.41) is 0.544. The molecule has 0 spiro atoms. The van der Waals surface area contributed by atoms with E-state index in [1.807, 2.05) is 12.1 Å². The molecule has 72 valence electrons. The smallest absolute Gasteiger partial charge is 0.129 e. The second kappa shape index (κ2) is 4.07. The number of aromatic nitrogens is 1. The van der Waals surface area contributed by atoms with E-state index >= 15 is 0 Å². The molecule has 0 aromatic carbocycles. The highest BCUT2D eigenvalue weighted by Crippen LogP contribution is 2.25. The van der Waals surface area contributed by atoms with Gasteiger partial charge in [-0.05, 0) is 25.1 Å². The van der Waals surface area contributed by atoms with Crippen molar-refractivity contribution < 1.29 is 0 Å². The van der Waals surface area contributed by atoms with Gasteiger partial charge in [0.25, 0.3) is 0 Å². The molecule has 2 nitrogen and oxygen atoms in total. The van der Waals surface area contributed by atoms with Crippen LogP contribution in [0, 0.1) is 0 Å². The van der Waals surface area contributed by atoms with Crippen molar-refractivity contribution in [3.05, 3.63) is 29.0 Å². The van der Waals surface area contributed by atoms with Crippen molar-refractivity contribution in [1.29, 1.82) is 0 Å². The third kappa shape index (κ3) is 2.68. The average Bonchev–Trinajstić information content (AvgIpc) is 2.04. The normalized spacial score (nSPS) is 11.7. The zero-order chi connectivity index (χ0) is 9.90. The fraction of sp³-hybridized carbons (Fsp3) is 0.500. The lowest BCUT2D eigenvalue weighted by Crippen LogP contribution is -2.22. The molecule has 13 heavy (non-hydrogen) atoms. The van der Waals surface area contributed by atoms with Crippen LogP contribution in [0.5, 0.6) is 0 Å². The van der Waals surface area contributed by atoms with Crippen LogP contribution >= 0.6 is 11.6 Å². The molecule has 0 fully saturated rings. The molecule has 1 rings (SSSR count). The van der Waals surface area contributed by atoms with Crippen molar-refractivity contribution in [3.8, 4) is 0 Å². The molecular formula is C10H15ClN2. The molecule has 0 aliphatic carbocycles. The summed E-state index contributed by atoms with van der Waals surface area (Å²) in [6.07, 6.45) is 0.917. The summed E-state index contributed by atoms with van der Waals surface area (Å²) in [5.41, 5.74) is 6.55. The summed E-state index contributed by atoms with van der Waals surface area (Å²) in [5.74, 6) is 0. The Balaban J connectivity index is 2.93. The highest BCUT2D eigenvalue weighted by molar-refractivity contribution is 6.29. The second-order valence-corrected chi connectivity index (χ2v) is 4.16. The maximum absolute atomic E-state index is 5.81. The Bertz CT molecular complexity index is 284. The van der Waals surface area contributed by atoms with Crippen molar-refractivity contribution in [2.75, 3.05) is 6.54 Å². The Morgan fingerprint density at radius 1 is 1.46 bits per heavy atom. The topological polar surface area (TPSA) is 38.9 Å². The fourth-order valence-corrected chi connectivity index (χ4v) is 1.44. The first-order chi connectivity index (χ1) is 6.06. The van der Waals surface area contributed by atoms with E-state index in [-0.39, 0.29) is 5.41 Å². The molecule has 1 heterocycles. The van der Waals surface area contributed by atoms with Gasteiger partial charge < -0.3 is 5.73 Å². The van der Waals surface area contributed by atoms with Crippen LogP contribution in [-0.4, -0.2) is 11.5 Å². The minimum atomic E-state index is 0.0135. The van der Waals surface area contributed by atoms with Gasteiger partial charge in [0, 0.05) is 11.1 Å². The van der Waals surface area contributed by atoms with Gasteiger partial charge in [-0.3, -0.25) is 0 Å². The van der Waals surface area contributed by atoms with Crippen LogP contribution in [0.3, 0.4) is 0 Å². The molecule has 0 bridgehead atoms. The van der Waals surface area contributed by atoms with Crippen LogP contribution in [0.2, 0.25) is 5.15 Å². The highest BCUT2D eigenvalue weighted by Gasteiger charge is 2.20. The average molecular weight is 199 g/mol. The summed E-state index contributed by atoms with van der Waals surface area (Å²) in [7, 11) is 0. The maximum Gasteiger partial charge on any atom is 0.129 e. The second-order valence-electron chi connectivity index (χ2n) is 3.77. The van der Waals surface area contributed by atoms with E-state index in [0.717, 1.165) is 12.1 Å². The van der Waals surface area contributed by atoms with Crippen LogP contribution in [0.15, 0.2) is 18.2 Å². The Hall–Kier alpha value is -0.600. The van der Waals surface area contributed by atoms with Gasteiger partial charge in [-0.2, -0.15) is 0 Å². The lowest BCUT2D eigenvalue weighted by Gasteiger charge is -2.23. The summed E-state index contributed by atoms with van der Waals surface area (Å²) in [6.45, 7) is 4.91. The molecule has 1 aromatic heterocycles. The third-order valence-electron chi connectivity index (χ3n) is 2.18. The van der Waals surface area contributed by atoms with Crippen molar-refractivity contribution >= 4 is 11.6 Å². The van der Waals surface area contributed by atoms with Gasteiger partial charge in [0.1, 0.15) is 5.15 Å². The molecular weight excluding hydrogens is 184 g/mol. The Morgan fingerprint density at radius 2 is 2.15 bits per heavy atom. The quantitative estimate of drug-likeness (QED) is 0.758. The van der Waals surface area contributed by atoms with Crippen molar-refractivity contribution in [1.82, 2.24) is 4.98 Å². The summed E-state index contributed by atoms with van der Waals surface area (Å²) >= 11 is 5.81. The van der Waals surface area contributed by atoms with Crippen molar-refractivity contribution in [3.63, 3.8) is 0 Å². The predicted octanol–water partition coefficient (Wildman–Crippen LogP) is 2.36. The van der Waals surface area contributed by atoms with Crippen LogP contribution in [0.25, 0.3) is 0 Å². The molecule has 0 unspecified atom stereocenters. The molecule has 3 heteroatoms. The van der Waals surface area contributed by atoms with E-state index in [1.165, 1.54) is 0 Å². The minimum absolute atomic E-state index is 0.0135. The lowest BCUT2D eigenvalue weighted by molar-refractivity contribution is 0.473. The molecule has 0 aliphatic rings. The number of pyridine rings is 1. The van der Waals surface area contributed by atoms with E-state index in [0.29, 0.717) is 11.7 Å². The van der Waals surface area contributed by atoms with E-state index < -0.39 is 0 Å². The Morgan fingerprint density at radius 3 is 2.69 bits per heavy atom. The predicted molar refractivity (Wildman–Crippen MR) is 55.9 cm³/mol. The molecule has 0 aliphatic heterocycles. The summed E-state index contributed by atoms with van der Waals surface area (Å²) in [4.78, 5) is 4.27. The molecule has 0 atom stereocenters. The SMILES string of the molecule is CC(C)(CCN)c1cccc(Cl)n1. The molecule has 0 amide bonds. The number of nitrogens with two attached hydrogens (primary N) is 1. The van der Waals surface area contributed by atoms with Gasteiger partial charge in [-0.15, -0.1) is 0 Å². The van der Waals surface area contributed by atoms with Gasteiger partial charge in [0.05, 0.1) is 0 Å². The zero-order valence-electron chi connectivity index (χ0n) is 8.05. The Labute approximate surface area is 84.1 Å². The first-order valence-electron chi connectivity index (χ1n) is 4.39. The number of hydrogen-bond acceptors (Lipinski definition) is 2. The van der Waals surface area contributed by atoms with E-state index in [2.05, 4.69) is 18.8 Å². The Kier molecular flexibility index (Phi) is 3.28. The molecule has 0 radical (unpaired) electrons. The first-order valence-corrected chi connectivity index (χ1v) is 4.77. The lowest BCUT2D eigenvalue weighted by atomic mass is 9.85. The standard InChI is InChI=1S/C10H15ClN2/c1-10(2,6-7-12)8-4-3-5-9(11)13-8/h3-5H,6-7,12H2,1-2H3. The van der Waals surface area contributed by atoms with Crippen LogP contribution < -0.4 is 5.73 Å². The van der Waals surface area contributed by atoms with Crippen molar-refractivity contribution in [2.24, 2.45) is 5.73 Å². The molecule has 2 N–H and O–H groups in total. The first kappa shape index (κ1) is 10.5. The third-order valence-corrected chi connectivity index (χ3v) is 2.39. The van der Waals surface area contributed by atoms with Crippen LogP contribution in [0.1, 0.15) is 26.0 Å². The van der Waals surface area contributed by atoms with Gasteiger partial charge in [0.2, 0.25) is 0 Å². The molecule has 0 saturated carbocycles. The maximum atomic E-state index is 5.81. The fourth-order valence-electron chi connectivity index (χ4n) is 1.27. The van der Waals surface area contributed by atoms with Gasteiger partial charge >= 0.3 is 0 Å². The largest absolute Gasteiger partial charge is 0.330 e. The molecule has 0 saturated heterocycles. The van der Waals surface area contributed by atoms with E-state index in [1.54, 1.807) is 6.07 Å². The zero-order valence-corrected chi connectivity index (χ0v) is 8.80. The van der Waals surface area contributed by atoms with Crippen LogP contribution in [0.4, 0.5) is 0 Å². The summed E-state index contributed by atoms with van der Waals surface area (Å²) in [6, 6.07) is 5.69. The number of halogens is 1. The van der Waals surface area contributed by atoms with E-state index in [9.17, 15) is 0 Å². The van der Waals surface area contributed by atoms with E-state index in [4.69, 9.17) is 17.3 Å². The summed E-state index contributed by atoms with van der Waals surface area (Å²) < 4.78 is 0. The number of hydrogen-bond donors (Lipinski definition) is 1.